The first-order valence-corrected chi connectivity index (χ1v) is 12.7. The Bertz CT molecular complexity index is 1080. The Balaban J connectivity index is 1.35. The van der Waals surface area contributed by atoms with Crippen molar-refractivity contribution in [3.8, 4) is 17.0 Å². The fourth-order valence-corrected chi connectivity index (χ4v) is 5.37. The zero-order valence-electron chi connectivity index (χ0n) is 16.3. The van der Waals surface area contributed by atoms with Gasteiger partial charge in [-0.25, -0.2) is 15.0 Å². The van der Waals surface area contributed by atoms with Gasteiger partial charge in [0.2, 0.25) is 5.91 Å². The predicted octanol–water partition coefficient (Wildman–Crippen LogP) is 4.50. The lowest BCUT2D eigenvalue weighted by atomic mass is 10.0. The third kappa shape index (κ3) is 5.08. The Hall–Kier alpha value is -1.81. The Labute approximate surface area is 192 Å². The molecule has 3 heterocycles. The third-order valence-corrected chi connectivity index (χ3v) is 7.40. The van der Waals surface area contributed by atoms with Crippen molar-refractivity contribution in [2.45, 2.75) is 28.9 Å². The molecule has 0 saturated heterocycles. The summed E-state index contributed by atoms with van der Waals surface area (Å²) in [6.45, 7) is 2.37. The van der Waals surface area contributed by atoms with Crippen molar-refractivity contribution in [3.63, 3.8) is 0 Å². The highest BCUT2D eigenvalue weighted by Crippen LogP contribution is 2.39. The number of thiazole rings is 1. The van der Waals surface area contributed by atoms with Crippen molar-refractivity contribution in [3.05, 3.63) is 46.1 Å². The predicted molar refractivity (Wildman–Crippen MR) is 123 cm³/mol. The van der Waals surface area contributed by atoms with Crippen LogP contribution in [0.5, 0.6) is 5.75 Å². The van der Waals surface area contributed by atoms with E-state index in [1.54, 1.807) is 17.5 Å². The minimum Gasteiger partial charge on any atom is -0.486 e. The van der Waals surface area contributed by atoms with E-state index in [0.717, 1.165) is 26.9 Å². The molecule has 10 heteroatoms. The van der Waals surface area contributed by atoms with Crippen molar-refractivity contribution in [2.75, 3.05) is 18.6 Å². The molecule has 6 nitrogen and oxygen atoms in total. The number of benzene rings is 1. The van der Waals surface area contributed by atoms with Crippen molar-refractivity contribution >= 4 is 52.4 Å². The van der Waals surface area contributed by atoms with E-state index in [9.17, 15) is 4.79 Å². The first-order chi connectivity index (χ1) is 14.5. The van der Waals surface area contributed by atoms with Crippen molar-refractivity contribution < 1.29 is 9.53 Å². The molecule has 4 rings (SSSR count). The number of rotatable bonds is 7. The maximum atomic E-state index is 12.2. The third-order valence-electron chi connectivity index (χ3n) is 4.42. The van der Waals surface area contributed by atoms with E-state index in [1.165, 1.54) is 23.5 Å². The lowest BCUT2D eigenvalue weighted by Crippen LogP contribution is -2.35. The Morgan fingerprint density at radius 3 is 3.03 bits per heavy atom. The molecular weight excluding hydrogens is 460 g/mol. The number of halogens is 1. The molecule has 0 aliphatic carbocycles. The van der Waals surface area contributed by atoms with Crippen LogP contribution in [0.4, 0.5) is 0 Å². The number of carbonyl (C=O) groups excluding carboxylic acids is 1. The summed E-state index contributed by atoms with van der Waals surface area (Å²) in [7, 11) is 0. The van der Waals surface area contributed by atoms with Gasteiger partial charge in [-0.05, 0) is 31.4 Å². The fraction of sp³-hybridized carbons (Fsp3) is 0.300. The Kier molecular flexibility index (Phi) is 6.82. The summed E-state index contributed by atoms with van der Waals surface area (Å²) in [4.78, 5) is 25.3. The topological polar surface area (TPSA) is 77.0 Å². The zero-order valence-corrected chi connectivity index (χ0v) is 19.6. The molecule has 0 saturated carbocycles. The minimum atomic E-state index is -0.143. The van der Waals surface area contributed by atoms with Crippen LogP contribution in [0, 0.1) is 6.92 Å². The van der Waals surface area contributed by atoms with Crippen LogP contribution >= 0.6 is 46.5 Å². The molecule has 1 amide bonds. The van der Waals surface area contributed by atoms with E-state index in [1.807, 2.05) is 30.7 Å². The maximum Gasteiger partial charge on any atom is 0.230 e. The average Bonchev–Trinajstić information content (AvgIpc) is 3.36. The molecule has 1 atom stereocenters. The lowest BCUT2D eigenvalue weighted by Gasteiger charge is -2.12. The highest BCUT2D eigenvalue weighted by Gasteiger charge is 2.26. The highest BCUT2D eigenvalue weighted by molar-refractivity contribution is 8.01. The molecule has 0 radical (unpaired) electrons. The summed E-state index contributed by atoms with van der Waals surface area (Å²) >= 11 is 11.0. The molecular formula is C20H19ClN4O2S3. The molecule has 0 fully saturated rings. The number of carbonyl (C=O) groups is 1. The number of nitrogens with zero attached hydrogens (tertiary/aromatic N) is 3. The summed E-state index contributed by atoms with van der Waals surface area (Å²) in [6.07, 6.45) is 4.23. The molecule has 0 spiro atoms. The maximum absolute atomic E-state index is 12.2. The van der Waals surface area contributed by atoms with E-state index >= 15 is 0 Å². The fourth-order valence-electron chi connectivity index (χ4n) is 3.05. The van der Waals surface area contributed by atoms with Crippen molar-refractivity contribution in [1.82, 2.24) is 20.3 Å². The van der Waals surface area contributed by atoms with Gasteiger partial charge in [0, 0.05) is 34.8 Å². The van der Waals surface area contributed by atoms with Gasteiger partial charge >= 0.3 is 0 Å². The number of fused-ring (bicyclic) bond motifs is 1. The second-order valence-corrected chi connectivity index (χ2v) is 9.93. The molecule has 1 aromatic carbocycles. The monoisotopic (exact) mass is 478 g/mol. The molecule has 1 N–H and O–H groups in total. The smallest absolute Gasteiger partial charge is 0.230 e. The Morgan fingerprint density at radius 2 is 2.27 bits per heavy atom. The zero-order chi connectivity index (χ0) is 21.1. The molecule has 3 aromatic rings. The van der Waals surface area contributed by atoms with E-state index in [4.69, 9.17) is 16.3 Å². The van der Waals surface area contributed by atoms with Crippen molar-refractivity contribution in [2.24, 2.45) is 0 Å². The van der Waals surface area contributed by atoms with Crippen LogP contribution in [0.3, 0.4) is 0 Å². The highest BCUT2D eigenvalue weighted by atomic mass is 35.5. The number of ether oxygens (including phenoxy) is 1. The second-order valence-electron chi connectivity index (χ2n) is 6.67. The largest absolute Gasteiger partial charge is 0.486 e. The molecule has 0 unspecified atom stereocenters. The number of hydrogen-bond acceptors (Lipinski definition) is 8. The number of aromatic nitrogens is 3. The first-order valence-electron chi connectivity index (χ1n) is 9.20. The van der Waals surface area contributed by atoms with Crippen LogP contribution in [0.1, 0.15) is 11.3 Å². The van der Waals surface area contributed by atoms with Crippen LogP contribution in [0.2, 0.25) is 5.02 Å². The van der Waals surface area contributed by atoms with E-state index in [-0.39, 0.29) is 12.0 Å². The molecule has 2 aromatic heterocycles. The summed E-state index contributed by atoms with van der Waals surface area (Å²) in [6, 6.07) is 5.78. The summed E-state index contributed by atoms with van der Waals surface area (Å²) in [5.41, 5.74) is 3.75. The number of amides is 1. The van der Waals surface area contributed by atoms with E-state index < -0.39 is 0 Å². The number of hydrogen-bond donors (Lipinski definition) is 1. The summed E-state index contributed by atoms with van der Waals surface area (Å²) in [5, 5.41) is 6.19. The molecule has 156 valence electrons. The number of nitrogens with one attached hydrogen (secondary N) is 1. The van der Waals surface area contributed by atoms with Gasteiger partial charge in [0.15, 0.2) is 9.50 Å². The minimum absolute atomic E-state index is 0.0372. The van der Waals surface area contributed by atoms with E-state index in [2.05, 4.69) is 26.3 Å². The Morgan fingerprint density at radius 1 is 1.40 bits per heavy atom. The number of aryl methyl sites for hydroxylation is 1. The van der Waals surface area contributed by atoms with Gasteiger partial charge in [-0.1, -0.05) is 35.1 Å². The van der Waals surface area contributed by atoms with Crippen LogP contribution in [0.25, 0.3) is 11.3 Å². The standard InChI is InChI=1S/C20H19ClN4O2S3/c1-11-9-29-20(24-11)30-10-17(26)23-8-14-6-13-5-12(7-15(21)18(13)27-14)16-3-4-22-19(25-16)28-2/h3-5,7,9,14H,6,8,10H2,1-2H3,(H,23,26)/t14-/m0/s1. The normalized spacial score (nSPS) is 15.0. The van der Waals surface area contributed by atoms with Gasteiger partial charge in [-0.15, -0.1) is 11.3 Å². The van der Waals surface area contributed by atoms with Crippen LogP contribution < -0.4 is 10.1 Å². The summed E-state index contributed by atoms with van der Waals surface area (Å²) < 4.78 is 6.89. The van der Waals surface area contributed by atoms with Crippen LogP contribution in [0.15, 0.2) is 39.3 Å². The SMILES string of the molecule is CSc1nccc(-c2cc(Cl)c3c(c2)C[C@@H](CNC(=O)CSc2nc(C)cs2)O3)n1. The van der Waals surface area contributed by atoms with Gasteiger partial charge in [-0.2, -0.15) is 0 Å². The first kappa shape index (κ1) is 21.4. The van der Waals surface area contributed by atoms with Gasteiger partial charge in [-0.3, -0.25) is 4.79 Å². The van der Waals surface area contributed by atoms with Crippen LogP contribution in [-0.4, -0.2) is 45.5 Å². The molecule has 30 heavy (non-hydrogen) atoms. The molecule has 1 aliphatic heterocycles. The second kappa shape index (κ2) is 9.55. The number of thioether (sulfide) groups is 2. The van der Waals surface area contributed by atoms with Gasteiger partial charge in [0.1, 0.15) is 11.9 Å². The molecule has 0 bridgehead atoms. The average molecular weight is 479 g/mol. The molecule has 1 aliphatic rings. The quantitative estimate of drug-likeness (QED) is 0.395. The van der Waals surface area contributed by atoms with Crippen molar-refractivity contribution in [1.29, 1.82) is 0 Å². The van der Waals surface area contributed by atoms with Crippen LogP contribution in [-0.2, 0) is 11.2 Å². The lowest BCUT2D eigenvalue weighted by molar-refractivity contribution is -0.118. The van der Waals surface area contributed by atoms with Gasteiger partial charge < -0.3 is 10.1 Å². The van der Waals surface area contributed by atoms with E-state index in [0.29, 0.717) is 34.6 Å². The summed E-state index contributed by atoms with van der Waals surface area (Å²) in [5.74, 6) is 0.986. The van der Waals surface area contributed by atoms with Gasteiger partial charge in [0.25, 0.3) is 0 Å². The van der Waals surface area contributed by atoms with Gasteiger partial charge in [0.05, 0.1) is 23.0 Å².